The molecule has 0 bridgehead atoms. The largest absolute Gasteiger partial charge is 0.472 e. The summed E-state index contributed by atoms with van der Waals surface area (Å²) in [6.07, 6.45) is 27.3. The molecule has 342 valence electrons. The van der Waals surface area contributed by atoms with Crippen LogP contribution in [0.4, 0.5) is 0 Å². The van der Waals surface area contributed by atoms with Crippen LogP contribution in [0.15, 0.2) is 48.6 Å². The van der Waals surface area contributed by atoms with E-state index in [1.165, 1.54) is 38.5 Å². The van der Waals surface area contributed by atoms with Gasteiger partial charge >= 0.3 is 19.8 Å². The van der Waals surface area contributed by atoms with Crippen molar-refractivity contribution >= 4 is 19.8 Å². The zero-order valence-corrected chi connectivity index (χ0v) is 36.9. The number of carbonyl (C=O) groups is 2. The van der Waals surface area contributed by atoms with Gasteiger partial charge in [0.05, 0.1) is 6.61 Å². The fourth-order valence-electron chi connectivity index (χ4n) is 6.46. The molecule has 1 aliphatic rings. The SMILES string of the molecule is CCCCC/C=C\C/C=C\CCCCCCCC(=O)OCC(COP(=O)(O)OC1C(O)C(O)C(O)C(O)C1O)OC(=O)CCCCCCC/C=C\C/C=C\CCCCC. The molecule has 0 heterocycles. The smallest absolute Gasteiger partial charge is 0.462 e. The quantitative estimate of drug-likeness (QED) is 0.0152. The Bertz CT molecular complexity index is 1220. The summed E-state index contributed by atoms with van der Waals surface area (Å²) in [6, 6.07) is 0. The fraction of sp³-hybridized carbons (Fsp3) is 0.778. The lowest BCUT2D eigenvalue weighted by atomic mass is 9.85. The number of hydrogen-bond acceptors (Lipinski definition) is 12. The molecule has 0 aromatic heterocycles. The first-order chi connectivity index (χ1) is 28.4. The normalized spacial score (nSPS) is 22.8. The van der Waals surface area contributed by atoms with Gasteiger partial charge in [-0.25, -0.2) is 4.57 Å². The summed E-state index contributed by atoms with van der Waals surface area (Å²) < 4.78 is 33.5. The first-order valence-electron chi connectivity index (χ1n) is 22.4. The Labute approximate surface area is 354 Å². The Morgan fingerprint density at radius 2 is 0.915 bits per heavy atom. The maximum Gasteiger partial charge on any atom is 0.472 e. The predicted molar refractivity (Wildman–Crippen MR) is 230 cm³/mol. The van der Waals surface area contributed by atoms with Crippen LogP contribution in [0, 0.1) is 0 Å². The molecular weight excluding hydrogens is 779 g/mol. The van der Waals surface area contributed by atoms with E-state index in [9.17, 15) is 44.6 Å². The van der Waals surface area contributed by atoms with Crippen molar-refractivity contribution in [3.63, 3.8) is 0 Å². The molecule has 6 N–H and O–H groups in total. The number of ether oxygens (including phenoxy) is 2. The van der Waals surface area contributed by atoms with Crippen LogP contribution in [0.2, 0.25) is 0 Å². The number of aliphatic hydroxyl groups is 5. The molecule has 0 amide bonds. The van der Waals surface area contributed by atoms with Gasteiger partial charge in [-0.3, -0.25) is 18.6 Å². The summed E-state index contributed by atoms with van der Waals surface area (Å²) in [5.74, 6) is -1.13. The maximum atomic E-state index is 12.8. The molecule has 1 fully saturated rings. The average molecular weight is 859 g/mol. The summed E-state index contributed by atoms with van der Waals surface area (Å²) in [5.41, 5.74) is 0. The minimum Gasteiger partial charge on any atom is -0.462 e. The highest BCUT2D eigenvalue weighted by atomic mass is 31.2. The topological polar surface area (TPSA) is 210 Å². The molecule has 6 unspecified atom stereocenters. The van der Waals surface area contributed by atoms with E-state index in [0.717, 1.165) is 89.9 Å². The molecule has 0 aliphatic heterocycles. The predicted octanol–water partition coefficient (Wildman–Crippen LogP) is 8.39. The number of carbonyl (C=O) groups excluding carboxylic acids is 2. The van der Waals surface area contributed by atoms with E-state index in [1.807, 2.05) is 0 Å². The molecular formula is C45H79O13P. The van der Waals surface area contributed by atoms with Crippen LogP contribution in [0.1, 0.15) is 168 Å². The van der Waals surface area contributed by atoms with E-state index in [-0.39, 0.29) is 12.8 Å². The van der Waals surface area contributed by atoms with Gasteiger partial charge in [-0.1, -0.05) is 127 Å². The molecule has 1 aliphatic carbocycles. The van der Waals surface area contributed by atoms with Crippen molar-refractivity contribution in [2.45, 2.75) is 211 Å². The third kappa shape index (κ3) is 28.1. The van der Waals surface area contributed by atoms with Gasteiger partial charge in [0.25, 0.3) is 0 Å². The average Bonchev–Trinajstić information content (AvgIpc) is 3.21. The molecule has 0 saturated heterocycles. The number of rotatable bonds is 36. The zero-order chi connectivity index (χ0) is 43.6. The third-order valence-corrected chi connectivity index (χ3v) is 11.1. The van der Waals surface area contributed by atoms with Crippen LogP contribution < -0.4 is 0 Å². The van der Waals surface area contributed by atoms with Gasteiger partial charge in [-0.2, -0.15) is 0 Å². The number of phosphoric acid groups is 1. The lowest BCUT2D eigenvalue weighted by molar-refractivity contribution is -0.220. The summed E-state index contributed by atoms with van der Waals surface area (Å²) in [5, 5.41) is 50.1. The number of allylic oxidation sites excluding steroid dienone is 8. The van der Waals surface area contributed by atoms with Crippen molar-refractivity contribution in [2.24, 2.45) is 0 Å². The van der Waals surface area contributed by atoms with Gasteiger partial charge in [-0.05, 0) is 77.0 Å². The number of esters is 2. The van der Waals surface area contributed by atoms with Gasteiger partial charge in [0.1, 0.15) is 43.2 Å². The van der Waals surface area contributed by atoms with Gasteiger partial charge in [-0.15, -0.1) is 0 Å². The van der Waals surface area contributed by atoms with Crippen LogP contribution in [0.5, 0.6) is 0 Å². The lowest BCUT2D eigenvalue weighted by Crippen LogP contribution is -2.64. The Morgan fingerprint density at radius 1 is 0.525 bits per heavy atom. The molecule has 6 atom stereocenters. The Balaban J connectivity index is 2.50. The standard InChI is InChI=1S/C45H79O13P/c1-3-5-7-9-11-13-15-17-19-21-23-25-27-29-31-33-38(46)55-35-37(36-56-59(53,54)58-45-43(51)41(49)40(48)42(50)44(45)52)57-39(47)34-32-30-28-26-24-22-20-18-16-14-12-10-8-6-4-2/h11-14,17-20,37,40-45,48-52H,3-10,15-16,21-36H2,1-2H3,(H,53,54)/b13-11-,14-12-,19-17-,20-18-. The third-order valence-electron chi connectivity index (χ3n) is 10.1. The van der Waals surface area contributed by atoms with Gasteiger partial charge < -0.3 is 39.9 Å². The van der Waals surface area contributed by atoms with Crippen molar-refractivity contribution in [2.75, 3.05) is 13.2 Å². The Hall–Kier alpha value is -2.19. The highest BCUT2D eigenvalue weighted by Crippen LogP contribution is 2.47. The van der Waals surface area contributed by atoms with Crippen molar-refractivity contribution < 1.29 is 63.1 Å². The second-order valence-corrected chi connectivity index (χ2v) is 16.9. The Morgan fingerprint density at radius 3 is 1.37 bits per heavy atom. The minimum absolute atomic E-state index is 0.0761. The molecule has 1 rings (SSSR count). The van der Waals surface area contributed by atoms with Crippen LogP contribution in [-0.4, -0.2) is 98.3 Å². The van der Waals surface area contributed by atoms with E-state index >= 15 is 0 Å². The fourth-order valence-corrected chi connectivity index (χ4v) is 7.44. The van der Waals surface area contributed by atoms with Crippen LogP contribution in [0.3, 0.4) is 0 Å². The van der Waals surface area contributed by atoms with Crippen molar-refractivity contribution in [3.05, 3.63) is 48.6 Å². The Kier molecular flexibility index (Phi) is 32.9. The van der Waals surface area contributed by atoms with Crippen LogP contribution >= 0.6 is 7.82 Å². The zero-order valence-electron chi connectivity index (χ0n) is 36.0. The molecule has 13 nitrogen and oxygen atoms in total. The molecule has 1 saturated carbocycles. The van der Waals surface area contributed by atoms with Gasteiger partial charge in [0.15, 0.2) is 6.10 Å². The molecule has 0 radical (unpaired) electrons. The van der Waals surface area contributed by atoms with Crippen molar-refractivity contribution in [3.8, 4) is 0 Å². The van der Waals surface area contributed by atoms with Gasteiger partial charge in [0.2, 0.25) is 0 Å². The number of phosphoric ester groups is 1. The molecule has 0 spiro atoms. The second kappa shape index (κ2) is 35.4. The van der Waals surface area contributed by atoms with Crippen LogP contribution in [0.25, 0.3) is 0 Å². The summed E-state index contributed by atoms with van der Waals surface area (Å²) in [7, 11) is -5.12. The lowest BCUT2D eigenvalue weighted by Gasteiger charge is -2.41. The van der Waals surface area contributed by atoms with Gasteiger partial charge in [0, 0.05) is 12.8 Å². The second-order valence-electron chi connectivity index (χ2n) is 15.5. The van der Waals surface area contributed by atoms with E-state index in [1.54, 1.807) is 0 Å². The summed E-state index contributed by atoms with van der Waals surface area (Å²) in [6.45, 7) is 3.21. The van der Waals surface area contributed by atoms with E-state index < -0.39 is 75.7 Å². The summed E-state index contributed by atoms with van der Waals surface area (Å²) >= 11 is 0. The van der Waals surface area contributed by atoms with Crippen molar-refractivity contribution in [1.82, 2.24) is 0 Å². The first kappa shape index (κ1) is 54.8. The molecule has 14 heteroatoms. The van der Waals surface area contributed by atoms with Crippen molar-refractivity contribution in [1.29, 1.82) is 0 Å². The number of unbranched alkanes of at least 4 members (excludes halogenated alkanes) is 16. The maximum absolute atomic E-state index is 12.8. The summed E-state index contributed by atoms with van der Waals surface area (Å²) in [4.78, 5) is 35.6. The van der Waals surface area contributed by atoms with Crippen LogP contribution in [-0.2, 0) is 32.7 Å². The highest BCUT2D eigenvalue weighted by molar-refractivity contribution is 7.47. The molecule has 0 aromatic rings. The number of hydrogen-bond donors (Lipinski definition) is 6. The number of aliphatic hydroxyl groups excluding tert-OH is 5. The molecule has 0 aromatic carbocycles. The highest BCUT2D eigenvalue weighted by Gasteiger charge is 2.51. The molecule has 59 heavy (non-hydrogen) atoms. The first-order valence-corrected chi connectivity index (χ1v) is 23.9. The van der Waals surface area contributed by atoms with E-state index in [4.69, 9.17) is 18.5 Å². The van der Waals surface area contributed by atoms with E-state index in [0.29, 0.717) is 12.8 Å². The van der Waals surface area contributed by atoms with E-state index in [2.05, 4.69) is 62.5 Å². The monoisotopic (exact) mass is 859 g/mol. The minimum atomic E-state index is -5.12.